The number of halogens is 1. The Kier molecular flexibility index (Phi) is 14.4. The molecule has 1 fully saturated rings. The molecule has 160 valence electrons. The van der Waals surface area contributed by atoms with Gasteiger partial charge in [-0.25, -0.2) is 0 Å². The maximum atomic E-state index is 5.75. The molecule has 0 saturated carbocycles. The van der Waals surface area contributed by atoms with Crippen molar-refractivity contribution in [3.63, 3.8) is 0 Å². The number of hydrogen-bond acceptors (Lipinski definition) is 3. The van der Waals surface area contributed by atoms with E-state index in [2.05, 4.69) is 48.5 Å². The van der Waals surface area contributed by atoms with Gasteiger partial charge in [0.15, 0.2) is 5.96 Å². The second-order valence-corrected chi connectivity index (χ2v) is 7.20. The highest BCUT2D eigenvalue weighted by atomic mass is 127. The molecule has 0 amide bonds. The van der Waals surface area contributed by atoms with E-state index < -0.39 is 0 Å². The van der Waals surface area contributed by atoms with E-state index in [0.29, 0.717) is 0 Å². The van der Waals surface area contributed by atoms with Gasteiger partial charge in [-0.1, -0.05) is 30.3 Å². The molecule has 1 aromatic rings. The van der Waals surface area contributed by atoms with Crippen molar-refractivity contribution >= 4 is 29.9 Å². The SMILES string of the molecule is CCNC(=NCCCOCCc1ccccc1)N(C)CCC1CCOCC1.I. The first-order chi connectivity index (χ1) is 13.3. The Bertz CT molecular complexity index is 522. The van der Waals surface area contributed by atoms with Crippen molar-refractivity contribution in [2.75, 3.05) is 53.1 Å². The zero-order valence-electron chi connectivity index (χ0n) is 17.6. The summed E-state index contributed by atoms with van der Waals surface area (Å²) in [6.07, 6.45) is 5.54. The van der Waals surface area contributed by atoms with Gasteiger partial charge in [-0.2, -0.15) is 0 Å². The number of benzene rings is 1. The highest BCUT2D eigenvalue weighted by Crippen LogP contribution is 2.18. The Morgan fingerprint density at radius 3 is 2.68 bits per heavy atom. The van der Waals surface area contributed by atoms with Crippen LogP contribution < -0.4 is 5.32 Å². The molecule has 1 heterocycles. The largest absolute Gasteiger partial charge is 0.381 e. The first-order valence-corrected chi connectivity index (χ1v) is 10.5. The van der Waals surface area contributed by atoms with E-state index in [0.717, 1.165) is 70.8 Å². The fourth-order valence-electron chi connectivity index (χ4n) is 3.28. The van der Waals surface area contributed by atoms with E-state index in [1.165, 1.54) is 24.8 Å². The molecule has 1 saturated heterocycles. The summed E-state index contributed by atoms with van der Waals surface area (Å²) in [6, 6.07) is 10.5. The smallest absolute Gasteiger partial charge is 0.193 e. The van der Waals surface area contributed by atoms with Crippen LogP contribution in [-0.4, -0.2) is 64.0 Å². The molecular formula is C22H38IN3O2. The Hall–Kier alpha value is -0.860. The fourth-order valence-corrected chi connectivity index (χ4v) is 3.28. The Balaban J connectivity index is 0.00000392. The number of guanidine groups is 1. The van der Waals surface area contributed by atoms with Gasteiger partial charge >= 0.3 is 0 Å². The van der Waals surface area contributed by atoms with Crippen LogP contribution in [0.5, 0.6) is 0 Å². The second-order valence-electron chi connectivity index (χ2n) is 7.20. The summed E-state index contributed by atoms with van der Waals surface area (Å²) in [5.41, 5.74) is 1.33. The molecule has 0 atom stereocenters. The third-order valence-corrected chi connectivity index (χ3v) is 5.00. The van der Waals surface area contributed by atoms with Crippen LogP contribution in [0.1, 0.15) is 38.2 Å². The highest BCUT2D eigenvalue weighted by Gasteiger charge is 2.15. The first-order valence-electron chi connectivity index (χ1n) is 10.5. The molecule has 0 unspecified atom stereocenters. The van der Waals surface area contributed by atoms with Crippen molar-refractivity contribution < 1.29 is 9.47 Å². The van der Waals surface area contributed by atoms with Crippen molar-refractivity contribution in [3.8, 4) is 0 Å². The van der Waals surface area contributed by atoms with Gasteiger partial charge in [-0.05, 0) is 50.5 Å². The lowest BCUT2D eigenvalue weighted by molar-refractivity contribution is 0.0625. The van der Waals surface area contributed by atoms with E-state index in [4.69, 9.17) is 14.5 Å². The van der Waals surface area contributed by atoms with Crippen LogP contribution in [0.25, 0.3) is 0 Å². The predicted octanol–water partition coefficient (Wildman–Crippen LogP) is 3.97. The van der Waals surface area contributed by atoms with Gasteiger partial charge in [0.05, 0.1) is 6.61 Å². The molecule has 0 spiro atoms. The van der Waals surface area contributed by atoms with Gasteiger partial charge in [0.1, 0.15) is 0 Å². The zero-order chi connectivity index (χ0) is 19.2. The van der Waals surface area contributed by atoms with Crippen LogP contribution in [0, 0.1) is 5.92 Å². The Labute approximate surface area is 188 Å². The van der Waals surface area contributed by atoms with E-state index in [1.807, 2.05) is 6.07 Å². The normalized spacial score (nSPS) is 15.1. The van der Waals surface area contributed by atoms with Crippen molar-refractivity contribution in [1.29, 1.82) is 0 Å². The highest BCUT2D eigenvalue weighted by molar-refractivity contribution is 14.0. The predicted molar refractivity (Wildman–Crippen MR) is 128 cm³/mol. The van der Waals surface area contributed by atoms with Crippen LogP contribution in [0.3, 0.4) is 0 Å². The molecule has 5 nitrogen and oxygen atoms in total. The number of nitrogens with one attached hydrogen (secondary N) is 1. The third-order valence-electron chi connectivity index (χ3n) is 5.00. The lowest BCUT2D eigenvalue weighted by Crippen LogP contribution is -2.40. The summed E-state index contributed by atoms with van der Waals surface area (Å²) in [6.45, 7) is 8.25. The van der Waals surface area contributed by atoms with Gasteiger partial charge in [0.2, 0.25) is 0 Å². The zero-order valence-corrected chi connectivity index (χ0v) is 19.9. The number of rotatable bonds is 11. The number of aliphatic imine (C=N–C) groups is 1. The average molecular weight is 503 g/mol. The number of hydrogen-bond donors (Lipinski definition) is 1. The van der Waals surface area contributed by atoms with Crippen LogP contribution in [0.15, 0.2) is 35.3 Å². The van der Waals surface area contributed by atoms with Gasteiger partial charge in [0, 0.05) is 46.5 Å². The van der Waals surface area contributed by atoms with Crippen molar-refractivity contribution in [3.05, 3.63) is 35.9 Å². The maximum Gasteiger partial charge on any atom is 0.193 e. The second kappa shape index (κ2) is 16.0. The van der Waals surface area contributed by atoms with Gasteiger partial charge < -0.3 is 19.7 Å². The van der Waals surface area contributed by atoms with Crippen LogP contribution in [0.2, 0.25) is 0 Å². The quantitative estimate of drug-likeness (QED) is 0.215. The van der Waals surface area contributed by atoms with Crippen LogP contribution >= 0.6 is 24.0 Å². The molecule has 0 radical (unpaired) electrons. The van der Waals surface area contributed by atoms with Crippen LogP contribution in [-0.2, 0) is 15.9 Å². The Morgan fingerprint density at radius 1 is 1.21 bits per heavy atom. The van der Waals surface area contributed by atoms with Crippen molar-refractivity contribution in [2.45, 2.75) is 39.0 Å². The molecule has 6 heteroatoms. The van der Waals surface area contributed by atoms with Gasteiger partial charge in [0.25, 0.3) is 0 Å². The lowest BCUT2D eigenvalue weighted by Gasteiger charge is -2.26. The maximum absolute atomic E-state index is 5.75. The van der Waals surface area contributed by atoms with Crippen LogP contribution in [0.4, 0.5) is 0 Å². The molecule has 1 aromatic carbocycles. The van der Waals surface area contributed by atoms with Crippen molar-refractivity contribution in [1.82, 2.24) is 10.2 Å². The number of ether oxygens (including phenoxy) is 2. The third kappa shape index (κ3) is 10.6. The molecule has 1 aliphatic rings. The average Bonchev–Trinajstić information content (AvgIpc) is 2.72. The van der Waals surface area contributed by atoms with Gasteiger partial charge in [-0.15, -0.1) is 24.0 Å². The molecule has 2 rings (SSSR count). The molecule has 0 aromatic heterocycles. The van der Waals surface area contributed by atoms with E-state index in [-0.39, 0.29) is 24.0 Å². The summed E-state index contributed by atoms with van der Waals surface area (Å²) < 4.78 is 11.2. The minimum absolute atomic E-state index is 0. The van der Waals surface area contributed by atoms with Gasteiger partial charge in [-0.3, -0.25) is 4.99 Å². The lowest BCUT2D eigenvalue weighted by atomic mass is 9.96. The molecule has 28 heavy (non-hydrogen) atoms. The fraction of sp³-hybridized carbons (Fsp3) is 0.682. The standard InChI is InChI=1S/C22H37N3O2.HI/c1-3-23-22(25(2)15-10-21-12-18-27-19-13-21)24-14-7-16-26-17-11-20-8-5-4-6-9-20;/h4-6,8-9,21H,3,7,10-19H2,1-2H3,(H,23,24);1H. The molecule has 0 aliphatic carbocycles. The van der Waals surface area contributed by atoms with E-state index in [1.54, 1.807) is 0 Å². The monoisotopic (exact) mass is 503 g/mol. The summed E-state index contributed by atoms with van der Waals surface area (Å²) >= 11 is 0. The summed E-state index contributed by atoms with van der Waals surface area (Å²) in [5, 5.41) is 3.40. The minimum atomic E-state index is 0. The Morgan fingerprint density at radius 2 is 1.96 bits per heavy atom. The minimum Gasteiger partial charge on any atom is -0.381 e. The summed E-state index contributed by atoms with van der Waals surface area (Å²) in [4.78, 5) is 7.02. The topological polar surface area (TPSA) is 46.1 Å². The van der Waals surface area contributed by atoms with E-state index in [9.17, 15) is 0 Å². The van der Waals surface area contributed by atoms with Crippen molar-refractivity contribution in [2.24, 2.45) is 10.9 Å². The number of nitrogens with zero attached hydrogens (tertiary/aromatic N) is 2. The molecule has 1 aliphatic heterocycles. The first kappa shape index (κ1) is 25.2. The summed E-state index contributed by atoms with van der Waals surface area (Å²) in [7, 11) is 2.14. The molecule has 0 bridgehead atoms. The molecular weight excluding hydrogens is 465 g/mol. The summed E-state index contributed by atoms with van der Waals surface area (Å²) in [5.74, 6) is 1.80. The molecule has 1 N–H and O–H groups in total. The van der Waals surface area contributed by atoms with E-state index >= 15 is 0 Å².